The third-order valence-corrected chi connectivity index (χ3v) is 6.35. The van der Waals surface area contributed by atoms with Crippen molar-refractivity contribution in [2.75, 3.05) is 13.7 Å². The van der Waals surface area contributed by atoms with Crippen LogP contribution in [0, 0.1) is 6.92 Å². The van der Waals surface area contributed by atoms with Crippen molar-refractivity contribution in [1.29, 1.82) is 0 Å². The minimum Gasteiger partial charge on any atom is -0.465 e. The molecule has 4 rings (SSSR count). The van der Waals surface area contributed by atoms with Gasteiger partial charge in [-0.3, -0.25) is 9.59 Å². The number of benzene rings is 1. The molecule has 2 aromatic heterocycles. The highest BCUT2D eigenvalue weighted by Gasteiger charge is 2.28. The van der Waals surface area contributed by atoms with Crippen LogP contribution in [0.4, 0.5) is 0 Å². The Kier molecular flexibility index (Phi) is 6.63. The molecule has 1 fully saturated rings. The Labute approximate surface area is 196 Å². The molecule has 1 amide bonds. The molecule has 0 saturated carbocycles. The largest absolute Gasteiger partial charge is 0.465 e. The van der Waals surface area contributed by atoms with E-state index in [1.54, 1.807) is 42.2 Å². The van der Waals surface area contributed by atoms with Crippen LogP contribution in [0.15, 0.2) is 46.0 Å². The van der Waals surface area contributed by atoms with Gasteiger partial charge in [0.1, 0.15) is 6.54 Å². The van der Waals surface area contributed by atoms with Gasteiger partial charge in [0.05, 0.1) is 23.7 Å². The minimum atomic E-state index is -0.738. The van der Waals surface area contributed by atoms with Crippen LogP contribution in [-0.2, 0) is 16.1 Å². The summed E-state index contributed by atoms with van der Waals surface area (Å²) in [5, 5.41) is -0.0561. The highest BCUT2D eigenvalue weighted by Crippen LogP contribution is 2.21. The molecule has 1 aliphatic heterocycles. The number of carbonyl (C=O) groups excluding carboxylic acids is 2. The van der Waals surface area contributed by atoms with E-state index >= 15 is 0 Å². The first-order chi connectivity index (χ1) is 16.4. The van der Waals surface area contributed by atoms with Gasteiger partial charge in [-0.05, 0) is 50.8 Å². The van der Waals surface area contributed by atoms with E-state index in [9.17, 15) is 19.2 Å². The summed E-state index contributed by atoms with van der Waals surface area (Å²) in [4.78, 5) is 59.2. The fraction of sp³-hybridized carbons (Fsp3) is 0.400. The second-order valence-corrected chi connectivity index (χ2v) is 8.49. The molecule has 34 heavy (non-hydrogen) atoms. The number of carbonyl (C=O) groups is 2. The van der Waals surface area contributed by atoms with Crippen molar-refractivity contribution in [1.82, 2.24) is 19.0 Å². The summed E-state index contributed by atoms with van der Waals surface area (Å²) >= 11 is 0. The van der Waals surface area contributed by atoms with Crippen LogP contribution >= 0.6 is 0 Å². The van der Waals surface area contributed by atoms with Gasteiger partial charge in [0.15, 0.2) is 5.65 Å². The smallest absolute Gasteiger partial charge is 0.338 e. The molecule has 3 heterocycles. The average Bonchev–Trinajstić information content (AvgIpc) is 2.86. The van der Waals surface area contributed by atoms with Gasteiger partial charge < -0.3 is 9.64 Å². The minimum absolute atomic E-state index is 0.00490. The highest BCUT2D eigenvalue weighted by atomic mass is 16.5. The van der Waals surface area contributed by atoms with Crippen molar-refractivity contribution in [2.24, 2.45) is 0 Å². The fourth-order valence-electron chi connectivity index (χ4n) is 4.66. The van der Waals surface area contributed by atoms with E-state index in [2.05, 4.69) is 4.98 Å². The van der Waals surface area contributed by atoms with Gasteiger partial charge in [-0.15, -0.1) is 0 Å². The summed E-state index contributed by atoms with van der Waals surface area (Å²) < 4.78 is 7.08. The lowest BCUT2D eigenvalue weighted by molar-refractivity contribution is -0.135. The Bertz CT molecular complexity index is 1360. The van der Waals surface area contributed by atoms with Crippen LogP contribution in [0.3, 0.4) is 0 Å². The summed E-state index contributed by atoms with van der Waals surface area (Å²) in [5.41, 5.74) is -0.448. The first kappa shape index (κ1) is 23.4. The van der Waals surface area contributed by atoms with Crippen molar-refractivity contribution in [3.8, 4) is 5.69 Å². The third-order valence-electron chi connectivity index (χ3n) is 6.35. The molecule has 0 aliphatic carbocycles. The molecular formula is C25H28N4O5. The van der Waals surface area contributed by atoms with E-state index in [-0.39, 0.29) is 28.5 Å². The van der Waals surface area contributed by atoms with Crippen LogP contribution in [0.5, 0.6) is 0 Å². The molecule has 1 atom stereocenters. The van der Waals surface area contributed by atoms with E-state index < -0.39 is 23.8 Å². The number of hydrogen-bond acceptors (Lipinski definition) is 6. The number of ether oxygens (including phenoxy) is 1. The topological polar surface area (TPSA) is 104 Å². The lowest BCUT2D eigenvalue weighted by atomic mass is 10.00. The van der Waals surface area contributed by atoms with Gasteiger partial charge >= 0.3 is 11.7 Å². The van der Waals surface area contributed by atoms with Crippen LogP contribution < -0.4 is 11.2 Å². The summed E-state index contributed by atoms with van der Waals surface area (Å²) in [5.74, 6) is -1.00. The van der Waals surface area contributed by atoms with Crippen molar-refractivity contribution >= 4 is 22.9 Å². The lowest BCUT2D eigenvalue weighted by Crippen LogP contribution is -2.49. The third kappa shape index (κ3) is 4.13. The monoisotopic (exact) mass is 464 g/mol. The molecule has 1 saturated heterocycles. The van der Waals surface area contributed by atoms with Crippen molar-refractivity contribution in [2.45, 2.75) is 52.1 Å². The first-order valence-electron chi connectivity index (χ1n) is 11.5. The first-order valence-corrected chi connectivity index (χ1v) is 11.5. The summed E-state index contributed by atoms with van der Waals surface area (Å²) in [6.45, 7) is 3.88. The van der Waals surface area contributed by atoms with Crippen molar-refractivity contribution in [3.05, 3.63) is 68.5 Å². The second-order valence-electron chi connectivity index (χ2n) is 8.49. The normalized spacial score (nSPS) is 16.0. The van der Waals surface area contributed by atoms with E-state index in [1.807, 2.05) is 6.92 Å². The van der Waals surface area contributed by atoms with Crippen LogP contribution in [0.25, 0.3) is 16.7 Å². The predicted molar refractivity (Wildman–Crippen MR) is 127 cm³/mol. The molecule has 9 heteroatoms. The number of nitrogens with zero attached hydrogens (tertiary/aromatic N) is 4. The molecule has 1 aromatic carbocycles. The number of rotatable bonds is 5. The van der Waals surface area contributed by atoms with Gasteiger partial charge in [0.2, 0.25) is 5.91 Å². The molecule has 1 aliphatic rings. The zero-order chi connectivity index (χ0) is 24.4. The number of esters is 1. The van der Waals surface area contributed by atoms with Gasteiger partial charge in [-0.25, -0.2) is 23.7 Å². The quantitative estimate of drug-likeness (QED) is 0.538. The molecule has 0 N–H and O–H groups in total. The average molecular weight is 465 g/mol. The van der Waals surface area contributed by atoms with Crippen LogP contribution in [-0.4, -0.2) is 50.6 Å². The zero-order valence-corrected chi connectivity index (χ0v) is 19.6. The van der Waals surface area contributed by atoms with E-state index in [0.717, 1.165) is 30.3 Å². The molecule has 178 valence electrons. The number of pyridine rings is 1. The van der Waals surface area contributed by atoms with Gasteiger partial charge in [-0.2, -0.15) is 0 Å². The molecule has 3 aromatic rings. The van der Waals surface area contributed by atoms with E-state index in [1.165, 1.54) is 17.7 Å². The standard InChI is InChI=1S/C25H28N4O5/c1-4-17-10-8-9-13-27(17)20(30)15-28-23(31)21-19(24(32)34-3)14-16(2)26-22(21)29(25(28)33)18-11-6-5-7-12-18/h5-7,11-12,14,17H,4,8-10,13,15H2,1-3H3/t17-/m0/s1. The summed E-state index contributed by atoms with van der Waals surface area (Å²) in [6, 6.07) is 10.3. The fourth-order valence-corrected chi connectivity index (χ4v) is 4.66. The molecule has 9 nitrogen and oxygen atoms in total. The lowest BCUT2D eigenvalue weighted by Gasteiger charge is -2.35. The maximum Gasteiger partial charge on any atom is 0.338 e. The number of aryl methyl sites for hydroxylation is 1. The number of methoxy groups -OCH3 is 1. The van der Waals surface area contributed by atoms with Gasteiger partial charge in [0, 0.05) is 18.3 Å². The van der Waals surface area contributed by atoms with E-state index in [0.29, 0.717) is 17.9 Å². The Hall–Kier alpha value is -3.75. The summed E-state index contributed by atoms with van der Waals surface area (Å²) in [7, 11) is 1.22. The number of hydrogen-bond donors (Lipinski definition) is 0. The van der Waals surface area contributed by atoms with Crippen LogP contribution in [0.1, 0.15) is 48.7 Å². The van der Waals surface area contributed by atoms with Gasteiger partial charge in [0.25, 0.3) is 5.56 Å². The number of fused-ring (bicyclic) bond motifs is 1. The zero-order valence-electron chi connectivity index (χ0n) is 19.6. The number of likely N-dealkylation sites (tertiary alicyclic amines) is 1. The highest BCUT2D eigenvalue weighted by molar-refractivity contribution is 6.02. The molecule has 0 radical (unpaired) electrons. The Morgan fingerprint density at radius 3 is 2.56 bits per heavy atom. The maximum absolute atomic E-state index is 13.6. The number of para-hydroxylation sites is 1. The molecule has 0 bridgehead atoms. The SMILES string of the molecule is CC[C@H]1CCCCN1C(=O)Cn1c(=O)c2c(C(=O)OC)cc(C)nc2n(-c2ccccc2)c1=O. The number of piperidine rings is 1. The second kappa shape index (κ2) is 9.62. The Balaban J connectivity index is 1.98. The molecule has 0 unspecified atom stereocenters. The van der Waals surface area contributed by atoms with Gasteiger partial charge in [-0.1, -0.05) is 25.1 Å². The number of aromatic nitrogens is 3. The predicted octanol–water partition coefficient (Wildman–Crippen LogP) is 2.43. The molecular weight excluding hydrogens is 436 g/mol. The maximum atomic E-state index is 13.6. The molecule has 0 spiro atoms. The Morgan fingerprint density at radius 2 is 1.88 bits per heavy atom. The van der Waals surface area contributed by atoms with Crippen LogP contribution in [0.2, 0.25) is 0 Å². The summed E-state index contributed by atoms with van der Waals surface area (Å²) in [6.07, 6.45) is 3.65. The van der Waals surface area contributed by atoms with Crippen molar-refractivity contribution < 1.29 is 14.3 Å². The van der Waals surface area contributed by atoms with E-state index in [4.69, 9.17) is 4.74 Å². The number of amides is 1. The van der Waals surface area contributed by atoms with Crippen molar-refractivity contribution in [3.63, 3.8) is 0 Å². The Morgan fingerprint density at radius 1 is 1.15 bits per heavy atom.